The van der Waals surface area contributed by atoms with Crippen LogP contribution in [-0.4, -0.2) is 29.0 Å². The molecule has 1 atom stereocenters. The van der Waals surface area contributed by atoms with Crippen molar-refractivity contribution >= 4 is 22.6 Å². The van der Waals surface area contributed by atoms with Gasteiger partial charge < -0.3 is 9.47 Å². The van der Waals surface area contributed by atoms with E-state index in [2.05, 4.69) is 5.10 Å². The molecule has 1 aliphatic heterocycles. The fourth-order valence-corrected chi connectivity index (χ4v) is 5.33. The summed E-state index contributed by atoms with van der Waals surface area (Å²) in [5.41, 5.74) is 1.72. The highest BCUT2D eigenvalue weighted by Crippen LogP contribution is 2.46. The molecule has 150 valence electrons. The van der Waals surface area contributed by atoms with Crippen LogP contribution in [0.1, 0.15) is 67.9 Å². The molecular formula is C21H27N3O3S. The van der Waals surface area contributed by atoms with Crippen molar-refractivity contribution in [2.75, 3.05) is 14.2 Å². The molecule has 1 aromatic carbocycles. The molecule has 1 N–H and O–H groups in total. The van der Waals surface area contributed by atoms with E-state index in [1.165, 1.54) is 25.7 Å². The smallest absolute Gasteiger partial charge is 0.271 e. The van der Waals surface area contributed by atoms with Crippen LogP contribution in [0, 0.1) is 0 Å². The zero-order chi connectivity index (χ0) is 19.7. The molecule has 0 spiro atoms. The van der Waals surface area contributed by atoms with Crippen molar-refractivity contribution in [3.05, 3.63) is 39.7 Å². The Morgan fingerprint density at radius 2 is 1.82 bits per heavy atom. The number of nitrogens with one attached hydrogen (secondary N) is 1. The SMILES string of the molecule is COc1ccc(C2SC(C)=Nc3c2c(=O)[nH]n3C2CCCCCC2)cc1OC. The van der Waals surface area contributed by atoms with Crippen LogP contribution in [0.4, 0.5) is 5.82 Å². The molecule has 2 aromatic rings. The zero-order valence-electron chi connectivity index (χ0n) is 16.7. The summed E-state index contributed by atoms with van der Waals surface area (Å²) < 4.78 is 12.9. The van der Waals surface area contributed by atoms with E-state index in [0.717, 1.165) is 34.8 Å². The van der Waals surface area contributed by atoms with Crippen LogP contribution in [0.2, 0.25) is 0 Å². The Labute approximate surface area is 169 Å². The summed E-state index contributed by atoms with van der Waals surface area (Å²) in [5, 5.41) is 3.97. The monoisotopic (exact) mass is 401 g/mol. The Bertz CT molecular complexity index is 939. The minimum atomic E-state index is -0.108. The summed E-state index contributed by atoms with van der Waals surface area (Å²) in [6, 6.07) is 6.18. The molecule has 7 heteroatoms. The number of thioether (sulfide) groups is 1. The fourth-order valence-electron chi connectivity index (χ4n) is 4.24. The molecule has 6 nitrogen and oxygen atoms in total. The minimum absolute atomic E-state index is 0.0391. The van der Waals surface area contributed by atoms with Gasteiger partial charge in [-0.15, -0.1) is 0 Å². The van der Waals surface area contributed by atoms with Crippen molar-refractivity contribution in [3.63, 3.8) is 0 Å². The van der Waals surface area contributed by atoms with Gasteiger partial charge in [0, 0.05) is 0 Å². The standard InChI is InChI=1S/C21H27N3O3S/c1-13-22-20-18(21(25)23-24(20)15-8-6-4-5-7-9-15)19(28-13)14-10-11-16(26-2)17(12-14)27-3/h10-12,15,19H,4-9H2,1-3H3,(H,23,25). The molecule has 1 aromatic heterocycles. The van der Waals surface area contributed by atoms with Crippen LogP contribution in [0.3, 0.4) is 0 Å². The number of rotatable bonds is 4. The first-order chi connectivity index (χ1) is 13.6. The number of benzene rings is 1. The highest BCUT2D eigenvalue weighted by atomic mass is 32.2. The van der Waals surface area contributed by atoms with Gasteiger partial charge in [0.15, 0.2) is 17.3 Å². The van der Waals surface area contributed by atoms with Gasteiger partial charge in [0.2, 0.25) is 0 Å². The third kappa shape index (κ3) is 3.48. The van der Waals surface area contributed by atoms with Crippen LogP contribution in [-0.2, 0) is 0 Å². The lowest BCUT2D eigenvalue weighted by molar-refractivity contribution is 0.354. The Kier molecular flexibility index (Phi) is 5.53. The zero-order valence-corrected chi connectivity index (χ0v) is 17.5. The Morgan fingerprint density at radius 1 is 1.11 bits per heavy atom. The van der Waals surface area contributed by atoms with E-state index < -0.39 is 0 Å². The highest BCUT2D eigenvalue weighted by Gasteiger charge is 2.32. The number of aromatic nitrogens is 2. The predicted octanol–water partition coefficient (Wildman–Crippen LogP) is 4.98. The maximum Gasteiger partial charge on any atom is 0.271 e. The molecule has 0 bridgehead atoms. The second kappa shape index (κ2) is 8.07. The summed E-state index contributed by atoms with van der Waals surface area (Å²) in [6.45, 7) is 2.01. The lowest BCUT2D eigenvalue weighted by Gasteiger charge is -2.23. The topological polar surface area (TPSA) is 68.6 Å². The number of nitrogens with zero attached hydrogens (tertiary/aromatic N) is 2. The van der Waals surface area contributed by atoms with E-state index >= 15 is 0 Å². The van der Waals surface area contributed by atoms with Gasteiger partial charge in [-0.25, -0.2) is 4.99 Å². The van der Waals surface area contributed by atoms with Crippen LogP contribution >= 0.6 is 11.8 Å². The Hall–Kier alpha value is -2.15. The number of ether oxygens (including phenoxy) is 2. The number of hydrogen-bond acceptors (Lipinski definition) is 5. The summed E-state index contributed by atoms with van der Waals surface area (Å²) in [5.74, 6) is 2.15. The first kappa shape index (κ1) is 19.2. The van der Waals surface area contributed by atoms with E-state index in [4.69, 9.17) is 14.5 Å². The molecule has 1 unspecified atom stereocenters. The van der Waals surface area contributed by atoms with E-state index in [1.807, 2.05) is 29.8 Å². The van der Waals surface area contributed by atoms with Crippen LogP contribution in [0.5, 0.6) is 11.5 Å². The lowest BCUT2D eigenvalue weighted by Crippen LogP contribution is -2.14. The average molecular weight is 402 g/mol. The van der Waals surface area contributed by atoms with Crippen LogP contribution in [0.25, 0.3) is 0 Å². The van der Waals surface area contributed by atoms with Gasteiger partial charge in [-0.3, -0.25) is 14.6 Å². The van der Waals surface area contributed by atoms with Crippen LogP contribution < -0.4 is 15.0 Å². The molecule has 0 saturated heterocycles. The largest absolute Gasteiger partial charge is 0.493 e. The molecule has 2 aliphatic rings. The normalized spacial score (nSPS) is 20.2. The average Bonchev–Trinajstić information content (AvgIpc) is 2.88. The maximum absolute atomic E-state index is 13.0. The number of H-pyrrole nitrogens is 1. The summed E-state index contributed by atoms with van der Waals surface area (Å²) in [6.07, 6.45) is 7.15. The summed E-state index contributed by atoms with van der Waals surface area (Å²) >= 11 is 1.61. The van der Waals surface area contributed by atoms with Gasteiger partial charge in [0.1, 0.15) is 0 Å². The summed E-state index contributed by atoms with van der Waals surface area (Å²) in [4.78, 5) is 17.7. The van der Waals surface area contributed by atoms with Gasteiger partial charge >= 0.3 is 0 Å². The third-order valence-electron chi connectivity index (χ3n) is 5.65. The first-order valence-corrected chi connectivity index (χ1v) is 10.8. The van der Waals surface area contributed by atoms with E-state index in [0.29, 0.717) is 17.5 Å². The van der Waals surface area contributed by atoms with E-state index in [9.17, 15) is 4.79 Å². The molecule has 1 saturated carbocycles. The quantitative estimate of drug-likeness (QED) is 0.734. The van der Waals surface area contributed by atoms with Crippen molar-refractivity contribution in [1.82, 2.24) is 9.78 Å². The second-order valence-corrected chi connectivity index (χ2v) is 8.73. The number of methoxy groups -OCH3 is 2. The van der Waals surface area contributed by atoms with Gasteiger partial charge in [-0.05, 0) is 37.5 Å². The molecule has 1 fully saturated rings. The highest BCUT2D eigenvalue weighted by molar-refractivity contribution is 8.14. The van der Waals surface area contributed by atoms with Crippen LogP contribution in [0.15, 0.2) is 28.0 Å². The molecule has 4 rings (SSSR count). The van der Waals surface area contributed by atoms with Gasteiger partial charge in [-0.2, -0.15) is 0 Å². The van der Waals surface area contributed by atoms with E-state index in [-0.39, 0.29) is 10.8 Å². The molecule has 0 amide bonds. The molecule has 1 aliphatic carbocycles. The Morgan fingerprint density at radius 3 is 2.50 bits per heavy atom. The number of hydrogen-bond donors (Lipinski definition) is 1. The van der Waals surface area contributed by atoms with Crippen molar-refractivity contribution in [1.29, 1.82) is 0 Å². The number of fused-ring (bicyclic) bond motifs is 1. The number of aromatic amines is 1. The molecule has 28 heavy (non-hydrogen) atoms. The fraction of sp³-hybridized carbons (Fsp3) is 0.524. The van der Waals surface area contributed by atoms with Crippen molar-refractivity contribution in [2.45, 2.75) is 56.7 Å². The third-order valence-corrected chi connectivity index (χ3v) is 6.83. The van der Waals surface area contributed by atoms with E-state index in [1.54, 1.807) is 26.0 Å². The minimum Gasteiger partial charge on any atom is -0.493 e. The van der Waals surface area contributed by atoms with Gasteiger partial charge in [0.05, 0.1) is 36.1 Å². The number of aliphatic imine (C=N–C) groups is 1. The van der Waals surface area contributed by atoms with Crippen molar-refractivity contribution in [3.8, 4) is 11.5 Å². The van der Waals surface area contributed by atoms with Crippen molar-refractivity contribution < 1.29 is 9.47 Å². The Balaban J connectivity index is 1.78. The second-order valence-electron chi connectivity index (χ2n) is 7.44. The first-order valence-electron chi connectivity index (χ1n) is 9.90. The predicted molar refractivity (Wildman–Crippen MR) is 114 cm³/mol. The van der Waals surface area contributed by atoms with Gasteiger partial charge in [0.25, 0.3) is 5.56 Å². The van der Waals surface area contributed by atoms with Gasteiger partial charge in [-0.1, -0.05) is 43.5 Å². The lowest BCUT2D eigenvalue weighted by atomic mass is 10.0. The van der Waals surface area contributed by atoms with Crippen molar-refractivity contribution in [2.24, 2.45) is 4.99 Å². The molecule has 0 radical (unpaired) electrons. The maximum atomic E-state index is 13.0. The summed E-state index contributed by atoms with van der Waals surface area (Å²) in [7, 11) is 3.25. The molecule has 2 heterocycles. The molecular weight excluding hydrogens is 374 g/mol.